The Morgan fingerprint density at radius 3 is 1.88 bits per heavy atom. The van der Waals surface area contributed by atoms with Gasteiger partial charge in [-0.2, -0.15) is 16.8 Å². The normalized spacial score (nSPS) is 11.4. The Bertz CT molecular complexity index is 1800. The highest BCUT2D eigenvalue weighted by molar-refractivity contribution is 7.86. The summed E-state index contributed by atoms with van der Waals surface area (Å²) in [4.78, 5) is 11.2. The third-order valence-corrected chi connectivity index (χ3v) is 6.88. The number of ether oxygens (including phenoxy) is 3. The standard InChI is InChI=1S/C30H28O10S2/c1-36-27-17-24(22-12-10-20(18-31)11-13-22)29(37-2)30(40-42(4,34)35)28(27)23-14-15-25(26(16-23)39-41(3,32)33)38-19-21-8-6-5-7-9-21/h5-18H,19H2,1-4H3. The minimum Gasteiger partial charge on any atom is -0.496 e. The van der Waals surface area contributed by atoms with Crippen molar-refractivity contribution in [1.29, 1.82) is 0 Å². The van der Waals surface area contributed by atoms with Crippen molar-refractivity contribution in [2.45, 2.75) is 6.61 Å². The summed E-state index contributed by atoms with van der Waals surface area (Å²) in [6.07, 6.45) is 2.48. The predicted octanol–water partition coefficient (Wildman–Crippen LogP) is 5.11. The molecule has 0 atom stereocenters. The van der Waals surface area contributed by atoms with Crippen LogP contribution in [0.5, 0.6) is 28.7 Å². The van der Waals surface area contributed by atoms with Gasteiger partial charge in [0, 0.05) is 11.1 Å². The highest BCUT2D eigenvalue weighted by Gasteiger charge is 2.27. The van der Waals surface area contributed by atoms with Crippen LogP contribution in [0.25, 0.3) is 22.3 Å². The van der Waals surface area contributed by atoms with Crippen LogP contribution >= 0.6 is 0 Å². The predicted molar refractivity (Wildman–Crippen MR) is 158 cm³/mol. The number of rotatable bonds is 12. The molecule has 0 aromatic heterocycles. The van der Waals surface area contributed by atoms with Gasteiger partial charge in [-0.25, -0.2) is 0 Å². The van der Waals surface area contributed by atoms with Crippen molar-refractivity contribution >= 4 is 26.5 Å². The van der Waals surface area contributed by atoms with Crippen molar-refractivity contribution < 1.29 is 44.2 Å². The van der Waals surface area contributed by atoms with Crippen LogP contribution in [0, 0.1) is 0 Å². The van der Waals surface area contributed by atoms with Gasteiger partial charge in [0.25, 0.3) is 0 Å². The fourth-order valence-corrected chi connectivity index (χ4v) is 5.10. The van der Waals surface area contributed by atoms with E-state index in [0.29, 0.717) is 23.0 Å². The molecule has 0 amide bonds. The first-order valence-electron chi connectivity index (χ1n) is 12.4. The summed E-state index contributed by atoms with van der Waals surface area (Å²) < 4.78 is 77.1. The van der Waals surface area contributed by atoms with Crippen molar-refractivity contribution in [2.24, 2.45) is 0 Å². The third-order valence-electron chi connectivity index (χ3n) is 5.93. The summed E-state index contributed by atoms with van der Waals surface area (Å²) in [5.74, 6) is 0.0523. The van der Waals surface area contributed by atoms with Gasteiger partial charge in [0.15, 0.2) is 23.0 Å². The van der Waals surface area contributed by atoms with Gasteiger partial charge in [0.1, 0.15) is 18.6 Å². The summed E-state index contributed by atoms with van der Waals surface area (Å²) in [6, 6.07) is 21.9. The van der Waals surface area contributed by atoms with Crippen LogP contribution in [0.3, 0.4) is 0 Å². The molecule has 12 heteroatoms. The molecule has 0 radical (unpaired) electrons. The number of hydrogen-bond acceptors (Lipinski definition) is 10. The van der Waals surface area contributed by atoms with E-state index < -0.39 is 20.2 Å². The minimum absolute atomic E-state index is 0.0602. The zero-order valence-corrected chi connectivity index (χ0v) is 24.8. The van der Waals surface area contributed by atoms with Gasteiger partial charge in [-0.1, -0.05) is 60.7 Å². The molecule has 0 bridgehead atoms. The van der Waals surface area contributed by atoms with Gasteiger partial charge in [-0.15, -0.1) is 0 Å². The van der Waals surface area contributed by atoms with Gasteiger partial charge in [-0.05, 0) is 34.9 Å². The highest BCUT2D eigenvalue weighted by atomic mass is 32.2. The van der Waals surface area contributed by atoms with Crippen molar-refractivity contribution in [3.63, 3.8) is 0 Å². The van der Waals surface area contributed by atoms with Gasteiger partial charge in [0.05, 0.1) is 32.3 Å². The first kappa shape index (κ1) is 30.4. The lowest BCUT2D eigenvalue weighted by atomic mass is 9.96. The first-order valence-corrected chi connectivity index (χ1v) is 16.0. The van der Waals surface area contributed by atoms with Crippen LogP contribution in [0.2, 0.25) is 0 Å². The highest BCUT2D eigenvalue weighted by Crippen LogP contribution is 2.51. The Morgan fingerprint density at radius 2 is 1.31 bits per heavy atom. The molecule has 0 N–H and O–H groups in total. The fourth-order valence-electron chi connectivity index (χ4n) is 4.19. The maximum Gasteiger partial charge on any atom is 0.306 e. The van der Waals surface area contributed by atoms with E-state index in [4.69, 9.17) is 22.6 Å². The lowest BCUT2D eigenvalue weighted by molar-refractivity contribution is 0.112. The van der Waals surface area contributed by atoms with E-state index in [2.05, 4.69) is 0 Å². The van der Waals surface area contributed by atoms with Gasteiger partial charge in [0.2, 0.25) is 0 Å². The van der Waals surface area contributed by atoms with E-state index in [0.717, 1.165) is 18.1 Å². The summed E-state index contributed by atoms with van der Waals surface area (Å²) in [5.41, 5.74) is 2.75. The van der Waals surface area contributed by atoms with Crippen molar-refractivity contribution in [3.05, 3.63) is 90.0 Å². The van der Waals surface area contributed by atoms with E-state index >= 15 is 0 Å². The zero-order chi connectivity index (χ0) is 30.5. The molecule has 0 aliphatic heterocycles. The zero-order valence-electron chi connectivity index (χ0n) is 23.2. The Labute approximate surface area is 244 Å². The quantitative estimate of drug-likeness (QED) is 0.157. The molecule has 4 aromatic carbocycles. The Kier molecular flexibility index (Phi) is 9.08. The number of aldehydes is 1. The van der Waals surface area contributed by atoms with Crippen LogP contribution in [0.4, 0.5) is 0 Å². The average Bonchev–Trinajstić information content (AvgIpc) is 2.95. The molecule has 0 heterocycles. The van der Waals surface area contributed by atoms with E-state index in [1.807, 2.05) is 30.3 Å². The van der Waals surface area contributed by atoms with Gasteiger partial charge in [-0.3, -0.25) is 4.79 Å². The summed E-state index contributed by atoms with van der Waals surface area (Å²) in [5, 5.41) is 0. The second-order valence-corrected chi connectivity index (χ2v) is 12.3. The second kappa shape index (κ2) is 12.5. The summed E-state index contributed by atoms with van der Waals surface area (Å²) in [7, 11) is -5.34. The third kappa shape index (κ3) is 7.39. The molecule has 0 aliphatic carbocycles. The van der Waals surface area contributed by atoms with E-state index in [9.17, 15) is 21.6 Å². The number of carbonyl (C=O) groups excluding carboxylic acids is 1. The molecule has 0 spiro atoms. The van der Waals surface area contributed by atoms with Crippen molar-refractivity contribution in [2.75, 3.05) is 26.7 Å². The number of carbonyl (C=O) groups is 1. The molecular weight excluding hydrogens is 584 g/mol. The van der Waals surface area contributed by atoms with Crippen LogP contribution in [0.15, 0.2) is 78.9 Å². The smallest absolute Gasteiger partial charge is 0.306 e. The van der Waals surface area contributed by atoms with Crippen molar-refractivity contribution in [3.8, 4) is 51.0 Å². The van der Waals surface area contributed by atoms with E-state index in [1.54, 1.807) is 36.4 Å². The number of methoxy groups -OCH3 is 2. The maximum absolute atomic E-state index is 12.4. The van der Waals surface area contributed by atoms with E-state index in [1.165, 1.54) is 26.4 Å². The molecule has 4 rings (SSSR count). The van der Waals surface area contributed by atoms with Crippen molar-refractivity contribution in [1.82, 2.24) is 0 Å². The Hall–Kier alpha value is -4.55. The molecular formula is C30H28O10S2. The second-order valence-electron chi connectivity index (χ2n) is 9.11. The fraction of sp³-hybridized carbons (Fsp3) is 0.167. The Morgan fingerprint density at radius 1 is 0.667 bits per heavy atom. The molecule has 42 heavy (non-hydrogen) atoms. The van der Waals surface area contributed by atoms with Gasteiger partial charge < -0.3 is 22.6 Å². The minimum atomic E-state index is -4.09. The van der Waals surface area contributed by atoms with Crippen LogP contribution in [-0.2, 0) is 26.8 Å². The Balaban J connectivity index is 1.93. The number of hydrogen-bond donors (Lipinski definition) is 0. The van der Waals surface area contributed by atoms with Crippen LogP contribution in [-0.4, -0.2) is 49.9 Å². The molecule has 10 nitrogen and oxygen atoms in total. The first-order chi connectivity index (χ1) is 19.9. The lowest BCUT2D eigenvalue weighted by Crippen LogP contribution is -2.10. The van der Waals surface area contributed by atoms with Crippen LogP contribution < -0.4 is 22.6 Å². The SMILES string of the molecule is COc1cc(-c2ccc(C=O)cc2)c(OC)c(OS(C)(=O)=O)c1-c1ccc(OCc2ccccc2)c(OS(C)(=O)=O)c1. The molecule has 0 saturated carbocycles. The number of benzene rings is 4. The maximum atomic E-state index is 12.4. The molecule has 220 valence electrons. The monoisotopic (exact) mass is 612 g/mol. The molecule has 0 fully saturated rings. The molecule has 0 saturated heterocycles. The van der Waals surface area contributed by atoms with Gasteiger partial charge >= 0.3 is 20.2 Å². The summed E-state index contributed by atoms with van der Waals surface area (Å²) in [6.45, 7) is 0.136. The molecule has 0 aliphatic rings. The average molecular weight is 613 g/mol. The van der Waals surface area contributed by atoms with E-state index in [-0.39, 0.29) is 46.5 Å². The largest absolute Gasteiger partial charge is 0.496 e. The molecule has 4 aromatic rings. The molecule has 0 unspecified atom stereocenters. The summed E-state index contributed by atoms with van der Waals surface area (Å²) >= 11 is 0. The lowest BCUT2D eigenvalue weighted by Gasteiger charge is -2.21. The topological polar surface area (TPSA) is 132 Å². The van der Waals surface area contributed by atoms with Crippen LogP contribution in [0.1, 0.15) is 15.9 Å².